The van der Waals surface area contributed by atoms with Crippen LogP contribution < -0.4 is 5.73 Å². The van der Waals surface area contributed by atoms with E-state index in [0.29, 0.717) is 0 Å². The molecular weight excluding hydrogens is 158 g/mol. The second-order valence-electron chi connectivity index (χ2n) is 3.10. The first-order valence-electron chi connectivity index (χ1n) is 4.36. The zero-order chi connectivity index (χ0) is 9.68. The van der Waals surface area contributed by atoms with Gasteiger partial charge in [-0.1, -0.05) is 36.4 Å². The maximum atomic E-state index is 5.58. The van der Waals surface area contributed by atoms with Crippen LogP contribution in [-0.4, -0.2) is 0 Å². The number of anilines is 1. The van der Waals surface area contributed by atoms with Crippen LogP contribution in [-0.2, 0) is 6.42 Å². The maximum Gasteiger partial charge on any atom is 0.0314 e. The number of hydrogen-bond acceptors (Lipinski definition) is 1. The fraction of sp³-hybridized carbons (Fsp3) is 0.167. The summed E-state index contributed by atoms with van der Waals surface area (Å²) in [5, 5.41) is 0. The molecule has 68 valence electrons. The van der Waals surface area contributed by atoms with Crippen molar-refractivity contribution in [2.45, 2.75) is 13.3 Å². The molecule has 0 bridgehead atoms. The molecule has 0 atom stereocenters. The van der Waals surface area contributed by atoms with E-state index in [-0.39, 0.29) is 0 Å². The molecule has 0 saturated heterocycles. The molecule has 1 nitrogen and oxygen atoms in total. The van der Waals surface area contributed by atoms with Gasteiger partial charge in [0.05, 0.1) is 0 Å². The SMILES string of the molecule is C=C/C(C)=C\Cc1ccc(N)cc1. The number of nitrogens with two attached hydrogens (primary N) is 1. The van der Waals surface area contributed by atoms with Gasteiger partial charge in [-0.25, -0.2) is 0 Å². The summed E-state index contributed by atoms with van der Waals surface area (Å²) >= 11 is 0. The smallest absolute Gasteiger partial charge is 0.0314 e. The molecule has 0 aliphatic carbocycles. The summed E-state index contributed by atoms with van der Waals surface area (Å²) < 4.78 is 0. The highest BCUT2D eigenvalue weighted by atomic mass is 14.5. The van der Waals surface area contributed by atoms with Gasteiger partial charge in [-0.3, -0.25) is 0 Å². The van der Waals surface area contributed by atoms with Crippen molar-refractivity contribution in [2.75, 3.05) is 5.73 Å². The second-order valence-corrected chi connectivity index (χ2v) is 3.10. The van der Waals surface area contributed by atoms with Gasteiger partial charge in [0.15, 0.2) is 0 Å². The van der Waals surface area contributed by atoms with Gasteiger partial charge in [-0.05, 0) is 31.0 Å². The largest absolute Gasteiger partial charge is 0.399 e. The average Bonchev–Trinajstić information content (AvgIpc) is 2.16. The lowest BCUT2D eigenvalue weighted by atomic mass is 10.1. The van der Waals surface area contributed by atoms with Gasteiger partial charge in [0.2, 0.25) is 0 Å². The van der Waals surface area contributed by atoms with Crippen LogP contribution in [0.25, 0.3) is 0 Å². The van der Waals surface area contributed by atoms with Gasteiger partial charge in [0.25, 0.3) is 0 Å². The van der Waals surface area contributed by atoms with E-state index >= 15 is 0 Å². The molecule has 0 unspecified atom stereocenters. The number of hydrogen-bond donors (Lipinski definition) is 1. The predicted molar refractivity (Wildman–Crippen MR) is 58.5 cm³/mol. The van der Waals surface area contributed by atoms with Gasteiger partial charge in [0.1, 0.15) is 0 Å². The Morgan fingerprint density at radius 1 is 1.38 bits per heavy atom. The summed E-state index contributed by atoms with van der Waals surface area (Å²) in [6.07, 6.45) is 4.95. The van der Waals surface area contributed by atoms with E-state index in [0.717, 1.165) is 12.1 Å². The standard InChI is InChI=1S/C12H15N/c1-3-10(2)4-5-11-6-8-12(13)9-7-11/h3-4,6-9H,1,5,13H2,2H3/b10-4-. The van der Waals surface area contributed by atoms with E-state index in [2.05, 4.69) is 12.7 Å². The van der Waals surface area contributed by atoms with Crippen molar-refractivity contribution in [3.05, 3.63) is 54.1 Å². The maximum absolute atomic E-state index is 5.58. The lowest BCUT2D eigenvalue weighted by Gasteiger charge is -1.97. The molecule has 0 aliphatic heterocycles. The van der Waals surface area contributed by atoms with E-state index in [1.54, 1.807) is 0 Å². The minimum absolute atomic E-state index is 0.813. The van der Waals surface area contributed by atoms with Crippen LogP contribution in [0.2, 0.25) is 0 Å². The van der Waals surface area contributed by atoms with Crippen molar-refractivity contribution >= 4 is 5.69 Å². The van der Waals surface area contributed by atoms with Crippen LogP contribution in [0.4, 0.5) is 5.69 Å². The molecular formula is C12H15N. The normalized spacial score (nSPS) is 11.3. The summed E-state index contributed by atoms with van der Waals surface area (Å²) in [6.45, 7) is 5.74. The lowest BCUT2D eigenvalue weighted by molar-refractivity contribution is 1.24. The van der Waals surface area contributed by atoms with E-state index in [1.807, 2.05) is 37.3 Å². The highest BCUT2D eigenvalue weighted by Gasteiger charge is 1.89. The second kappa shape index (κ2) is 4.51. The molecule has 1 aromatic carbocycles. The first kappa shape index (κ1) is 9.59. The molecule has 2 N–H and O–H groups in total. The van der Waals surface area contributed by atoms with Crippen LogP contribution in [0.1, 0.15) is 12.5 Å². The lowest BCUT2D eigenvalue weighted by Crippen LogP contribution is -1.86. The first-order valence-corrected chi connectivity index (χ1v) is 4.36. The molecule has 0 amide bonds. The van der Waals surface area contributed by atoms with Crippen molar-refractivity contribution in [3.8, 4) is 0 Å². The van der Waals surface area contributed by atoms with Crippen LogP contribution in [0, 0.1) is 0 Å². The molecule has 0 aliphatic rings. The highest BCUT2D eigenvalue weighted by molar-refractivity contribution is 5.39. The average molecular weight is 173 g/mol. The Balaban J connectivity index is 2.65. The molecule has 0 heterocycles. The summed E-state index contributed by atoms with van der Waals surface area (Å²) in [7, 11) is 0. The highest BCUT2D eigenvalue weighted by Crippen LogP contribution is 2.07. The minimum atomic E-state index is 0.813. The number of allylic oxidation sites excluding steroid dienone is 3. The molecule has 1 aromatic rings. The van der Waals surface area contributed by atoms with Crippen molar-refractivity contribution in [3.63, 3.8) is 0 Å². The van der Waals surface area contributed by atoms with Crippen molar-refractivity contribution < 1.29 is 0 Å². The summed E-state index contributed by atoms with van der Waals surface area (Å²) in [6, 6.07) is 7.93. The number of nitrogen functional groups attached to an aromatic ring is 1. The van der Waals surface area contributed by atoms with Crippen LogP contribution in [0.5, 0.6) is 0 Å². The third-order valence-electron chi connectivity index (χ3n) is 1.96. The van der Waals surface area contributed by atoms with Crippen molar-refractivity contribution in [1.29, 1.82) is 0 Å². The summed E-state index contributed by atoms with van der Waals surface area (Å²) in [5.41, 5.74) is 8.87. The quantitative estimate of drug-likeness (QED) is 0.552. The number of benzene rings is 1. The van der Waals surface area contributed by atoms with Crippen LogP contribution in [0.3, 0.4) is 0 Å². The summed E-state index contributed by atoms with van der Waals surface area (Å²) in [5.74, 6) is 0. The molecule has 13 heavy (non-hydrogen) atoms. The first-order chi connectivity index (χ1) is 6.22. The van der Waals surface area contributed by atoms with Gasteiger partial charge >= 0.3 is 0 Å². The molecule has 0 aromatic heterocycles. The van der Waals surface area contributed by atoms with E-state index in [4.69, 9.17) is 5.73 Å². The Hall–Kier alpha value is -1.50. The minimum Gasteiger partial charge on any atom is -0.399 e. The molecule has 0 spiro atoms. The zero-order valence-electron chi connectivity index (χ0n) is 7.96. The van der Waals surface area contributed by atoms with Gasteiger partial charge in [0, 0.05) is 5.69 Å². The number of rotatable bonds is 3. The van der Waals surface area contributed by atoms with Gasteiger partial charge < -0.3 is 5.73 Å². The zero-order valence-corrected chi connectivity index (χ0v) is 7.96. The molecule has 1 heteroatoms. The van der Waals surface area contributed by atoms with E-state index in [1.165, 1.54) is 11.1 Å². The summed E-state index contributed by atoms with van der Waals surface area (Å²) in [4.78, 5) is 0. The van der Waals surface area contributed by atoms with Crippen molar-refractivity contribution in [2.24, 2.45) is 0 Å². The van der Waals surface area contributed by atoms with Crippen LogP contribution >= 0.6 is 0 Å². The molecule has 0 radical (unpaired) electrons. The fourth-order valence-corrected chi connectivity index (χ4v) is 1.02. The monoisotopic (exact) mass is 173 g/mol. The van der Waals surface area contributed by atoms with E-state index in [9.17, 15) is 0 Å². The van der Waals surface area contributed by atoms with E-state index < -0.39 is 0 Å². The van der Waals surface area contributed by atoms with Crippen molar-refractivity contribution in [1.82, 2.24) is 0 Å². The third-order valence-corrected chi connectivity index (χ3v) is 1.96. The predicted octanol–water partition coefficient (Wildman–Crippen LogP) is 2.94. The Bertz CT molecular complexity index is 306. The Morgan fingerprint density at radius 2 is 2.00 bits per heavy atom. The Morgan fingerprint density at radius 3 is 2.54 bits per heavy atom. The Labute approximate surface area is 79.6 Å². The van der Waals surface area contributed by atoms with Gasteiger partial charge in [-0.15, -0.1) is 0 Å². The molecule has 1 rings (SSSR count). The van der Waals surface area contributed by atoms with Crippen LogP contribution in [0.15, 0.2) is 48.6 Å². The molecule has 0 saturated carbocycles. The Kier molecular flexibility index (Phi) is 3.32. The van der Waals surface area contributed by atoms with Gasteiger partial charge in [-0.2, -0.15) is 0 Å². The molecule has 0 fully saturated rings. The topological polar surface area (TPSA) is 26.0 Å². The fourth-order valence-electron chi connectivity index (χ4n) is 1.02. The third kappa shape index (κ3) is 3.16.